The minimum Gasteiger partial charge on any atom is -0.114 e. The molecule has 0 aliphatic carbocycles. The van der Waals surface area contributed by atoms with Crippen LogP contribution in [0.5, 0.6) is 0 Å². The SMILES string of the molecule is Br.CCCCC=CCCCCC. The summed E-state index contributed by atoms with van der Waals surface area (Å²) in [7, 11) is 0. The van der Waals surface area contributed by atoms with Crippen LogP contribution in [0.3, 0.4) is 0 Å². The average Bonchev–Trinajstić information content (AvgIpc) is 2.03. The lowest BCUT2D eigenvalue weighted by Gasteiger charge is -1.91. The van der Waals surface area contributed by atoms with E-state index in [1.54, 1.807) is 0 Å². The minimum absolute atomic E-state index is 0. The van der Waals surface area contributed by atoms with Gasteiger partial charge in [0.25, 0.3) is 0 Å². The van der Waals surface area contributed by atoms with Gasteiger partial charge in [0.2, 0.25) is 0 Å². The molecule has 0 aromatic rings. The summed E-state index contributed by atoms with van der Waals surface area (Å²) in [6, 6.07) is 0. The fourth-order valence-electron chi connectivity index (χ4n) is 1.07. The molecular weight excluding hydrogens is 212 g/mol. The Morgan fingerprint density at radius 2 is 1.25 bits per heavy atom. The van der Waals surface area contributed by atoms with Crippen LogP contribution in [0.1, 0.15) is 58.8 Å². The summed E-state index contributed by atoms with van der Waals surface area (Å²) in [4.78, 5) is 0. The molecule has 0 spiro atoms. The van der Waals surface area contributed by atoms with Gasteiger partial charge in [0.15, 0.2) is 0 Å². The third kappa shape index (κ3) is 12.9. The van der Waals surface area contributed by atoms with E-state index >= 15 is 0 Å². The summed E-state index contributed by atoms with van der Waals surface area (Å²) in [6.07, 6.45) is 14.0. The summed E-state index contributed by atoms with van der Waals surface area (Å²) in [5.74, 6) is 0. The van der Waals surface area contributed by atoms with Gasteiger partial charge in [-0.25, -0.2) is 0 Å². The van der Waals surface area contributed by atoms with E-state index in [2.05, 4.69) is 26.0 Å². The molecule has 0 atom stereocenters. The molecule has 74 valence electrons. The van der Waals surface area contributed by atoms with Gasteiger partial charge in [-0.1, -0.05) is 51.7 Å². The van der Waals surface area contributed by atoms with E-state index in [0.29, 0.717) is 0 Å². The van der Waals surface area contributed by atoms with Crippen molar-refractivity contribution in [1.29, 1.82) is 0 Å². The van der Waals surface area contributed by atoms with Crippen molar-refractivity contribution in [3.05, 3.63) is 12.2 Å². The fraction of sp³-hybridized carbons (Fsp3) is 0.818. The predicted octanol–water partition coefficient (Wildman–Crippen LogP) is 4.89. The number of allylic oxidation sites excluding steroid dienone is 2. The highest BCUT2D eigenvalue weighted by Crippen LogP contribution is 2.01. The first-order valence-electron chi connectivity index (χ1n) is 5.06. The van der Waals surface area contributed by atoms with Crippen LogP contribution in [0, 0.1) is 0 Å². The maximum absolute atomic E-state index is 2.34. The van der Waals surface area contributed by atoms with Crippen molar-refractivity contribution in [2.45, 2.75) is 58.8 Å². The Labute approximate surface area is 88.2 Å². The zero-order chi connectivity index (χ0) is 8.36. The largest absolute Gasteiger partial charge is 0.114 e. The van der Waals surface area contributed by atoms with Gasteiger partial charge in [0, 0.05) is 0 Å². The molecule has 0 unspecified atom stereocenters. The van der Waals surface area contributed by atoms with Crippen molar-refractivity contribution in [3.63, 3.8) is 0 Å². The van der Waals surface area contributed by atoms with Crippen molar-refractivity contribution in [3.8, 4) is 0 Å². The zero-order valence-corrected chi connectivity index (χ0v) is 10.2. The van der Waals surface area contributed by atoms with Gasteiger partial charge in [0.05, 0.1) is 0 Å². The van der Waals surface area contributed by atoms with Crippen LogP contribution < -0.4 is 0 Å². The highest BCUT2D eigenvalue weighted by Gasteiger charge is 1.81. The molecule has 0 bridgehead atoms. The van der Waals surface area contributed by atoms with E-state index in [-0.39, 0.29) is 17.0 Å². The first-order valence-corrected chi connectivity index (χ1v) is 5.06. The monoisotopic (exact) mass is 234 g/mol. The Bertz CT molecular complexity index is 87.0. The second kappa shape index (κ2) is 13.8. The van der Waals surface area contributed by atoms with Gasteiger partial charge in [-0.05, 0) is 19.3 Å². The molecule has 0 amide bonds. The van der Waals surface area contributed by atoms with E-state index in [1.807, 2.05) is 0 Å². The van der Waals surface area contributed by atoms with Crippen molar-refractivity contribution < 1.29 is 0 Å². The lowest BCUT2D eigenvalue weighted by atomic mass is 10.2. The van der Waals surface area contributed by atoms with E-state index < -0.39 is 0 Å². The molecule has 0 aliphatic rings. The summed E-state index contributed by atoms with van der Waals surface area (Å²) in [5, 5.41) is 0. The molecule has 1 heteroatoms. The second-order valence-corrected chi connectivity index (χ2v) is 3.11. The Morgan fingerprint density at radius 1 is 0.750 bits per heavy atom. The Hall–Kier alpha value is 0.220. The molecule has 0 aromatic carbocycles. The molecule has 0 rings (SSSR count). The summed E-state index contributed by atoms with van der Waals surface area (Å²) >= 11 is 0. The van der Waals surface area contributed by atoms with Crippen molar-refractivity contribution in [2.24, 2.45) is 0 Å². The highest BCUT2D eigenvalue weighted by molar-refractivity contribution is 8.93. The molecular formula is C11H23Br. The van der Waals surface area contributed by atoms with E-state index in [9.17, 15) is 0 Å². The quantitative estimate of drug-likeness (QED) is 0.435. The van der Waals surface area contributed by atoms with Crippen LogP contribution in [0.4, 0.5) is 0 Å². The number of halogens is 1. The molecule has 0 radical (unpaired) electrons. The van der Waals surface area contributed by atoms with Crippen LogP contribution in [-0.2, 0) is 0 Å². The maximum atomic E-state index is 2.34. The maximum Gasteiger partial charge on any atom is -0.0351 e. The number of rotatable bonds is 7. The van der Waals surface area contributed by atoms with Gasteiger partial charge in [-0.15, -0.1) is 17.0 Å². The van der Waals surface area contributed by atoms with E-state index in [1.165, 1.54) is 44.9 Å². The molecule has 0 heterocycles. The normalized spacial score (nSPS) is 10.2. The third-order valence-corrected chi connectivity index (χ3v) is 1.87. The topological polar surface area (TPSA) is 0 Å². The van der Waals surface area contributed by atoms with Gasteiger partial charge < -0.3 is 0 Å². The fourth-order valence-corrected chi connectivity index (χ4v) is 1.07. The van der Waals surface area contributed by atoms with E-state index in [4.69, 9.17) is 0 Å². The summed E-state index contributed by atoms with van der Waals surface area (Å²) < 4.78 is 0. The van der Waals surface area contributed by atoms with Gasteiger partial charge in [0.1, 0.15) is 0 Å². The number of unbranched alkanes of at least 4 members (excludes halogenated alkanes) is 5. The summed E-state index contributed by atoms with van der Waals surface area (Å²) in [5.41, 5.74) is 0. The first kappa shape index (κ1) is 14.7. The molecule has 12 heavy (non-hydrogen) atoms. The average molecular weight is 235 g/mol. The molecule has 0 fully saturated rings. The van der Waals surface area contributed by atoms with Crippen LogP contribution in [0.25, 0.3) is 0 Å². The zero-order valence-electron chi connectivity index (χ0n) is 8.51. The van der Waals surface area contributed by atoms with Crippen molar-refractivity contribution in [2.75, 3.05) is 0 Å². The Balaban J connectivity index is 0. The van der Waals surface area contributed by atoms with E-state index in [0.717, 1.165) is 0 Å². The number of hydrogen-bond acceptors (Lipinski definition) is 0. The molecule has 0 aromatic heterocycles. The summed E-state index contributed by atoms with van der Waals surface area (Å²) in [6.45, 7) is 4.49. The predicted molar refractivity (Wildman–Crippen MR) is 63.1 cm³/mol. The molecule has 0 aliphatic heterocycles. The smallest absolute Gasteiger partial charge is 0.0351 e. The first-order chi connectivity index (χ1) is 5.41. The lowest BCUT2D eigenvalue weighted by Crippen LogP contribution is -1.71. The lowest BCUT2D eigenvalue weighted by molar-refractivity contribution is 0.726. The van der Waals surface area contributed by atoms with Crippen LogP contribution in [-0.4, -0.2) is 0 Å². The van der Waals surface area contributed by atoms with Crippen LogP contribution in [0.15, 0.2) is 12.2 Å². The molecule has 0 nitrogen and oxygen atoms in total. The standard InChI is InChI=1S/C11H22.BrH/c1-3-5-7-9-11-10-8-6-4-2;/h9,11H,3-8,10H2,1-2H3;1H. The Morgan fingerprint density at radius 3 is 1.75 bits per heavy atom. The second-order valence-electron chi connectivity index (χ2n) is 3.11. The molecule has 0 saturated heterocycles. The molecule has 0 saturated carbocycles. The molecule has 0 N–H and O–H groups in total. The van der Waals surface area contributed by atoms with Crippen molar-refractivity contribution >= 4 is 17.0 Å². The minimum atomic E-state index is 0. The highest BCUT2D eigenvalue weighted by atomic mass is 79.9. The third-order valence-electron chi connectivity index (χ3n) is 1.87. The Kier molecular flexibility index (Phi) is 16.9. The van der Waals surface area contributed by atoms with Gasteiger partial charge in [-0.3, -0.25) is 0 Å². The van der Waals surface area contributed by atoms with Gasteiger partial charge in [-0.2, -0.15) is 0 Å². The van der Waals surface area contributed by atoms with Gasteiger partial charge >= 0.3 is 0 Å². The van der Waals surface area contributed by atoms with Crippen molar-refractivity contribution in [1.82, 2.24) is 0 Å². The van der Waals surface area contributed by atoms with Crippen LogP contribution in [0.2, 0.25) is 0 Å². The van der Waals surface area contributed by atoms with Crippen LogP contribution >= 0.6 is 17.0 Å². The number of hydrogen-bond donors (Lipinski definition) is 0.